The Balaban J connectivity index is 2.17. The molecule has 1 fully saturated rings. The fourth-order valence-corrected chi connectivity index (χ4v) is 4.92. The summed E-state index contributed by atoms with van der Waals surface area (Å²) in [5, 5.41) is 0. The number of piperidine rings is 1. The summed E-state index contributed by atoms with van der Waals surface area (Å²) in [6, 6.07) is -1.49. The monoisotopic (exact) mass is 365 g/mol. The molecule has 24 heavy (non-hydrogen) atoms. The number of hydrogen-bond donors (Lipinski definition) is 0. The third kappa shape index (κ3) is 2.19. The summed E-state index contributed by atoms with van der Waals surface area (Å²) in [4.78, 5) is 24.3. The Morgan fingerprint density at radius 2 is 2.04 bits per heavy atom. The molecule has 0 aromatic carbocycles. The van der Waals surface area contributed by atoms with Gasteiger partial charge in [-0.3, -0.25) is 4.79 Å². The van der Waals surface area contributed by atoms with Crippen molar-refractivity contribution in [3.63, 3.8) is 0 Å². The molecule has 6 nitrogen and oxygen atoms in total. The van der Waals surface area contributed by atoms with E-state index in [0.717, 1.165) is 7.11 Å². The molecular weight excluding hydrogens is 351 g/mol. The average Bonchev–Trinajstić information content (AvgIpc) is 2.53. The molecule has 0 unspecified atom stereocenters. The molecule has 4 rings (SSSR count). The van der Waals surface area contributed by atoms with E-state index in [1.807, 2.05) is 6.08 Å². The Labute approximate surface area is 136 Å². The van der Waals surface area contributed by atoms with Gasteiger partial charge in [-0.1, -0.05) is 18.2 Å². The summed E-state index contributed by atoms with van der Waals surface area (Å²) in [6.45, 7) is 0. The third-order valence-electron chi connectivity index (χ3n) is 4.74. The zero-order valence-electron chi connectivity index (χ0n) is 12.5. The van der Waals surface area contributed by atoms with Gasteiger partial charge in [0.05, 0.1) is 24.6 Å². The van der Waals surface area contributed by atoms with E-state index in [9.17, 15) is 31.2 Å². The highest BCUT2D eigenvalue weighted by atomic mass is 32.2. The molecule has 132 valence electrons. The number of halogens is 3. The number of allylic oxidation sites excluding steroid dienone is 2. The van der Waals surface area contributed by atoms with E-state index in [1.54, 1.807) is 6.08 Å². The highest BCUT2D eigenvalue weighted by Gasteiger charge is 2.63. The van der Waals surface area contributed by atoms with E-state index in [0.29, 0.717) is 12.8 Å². The number of methoxy groups -OCH3 is 1. The number of hydrogen-bond acceptors (Lipinski definition) is 5. The predicted octanol–water partition coefficient (Wildman–Crippen LogP) is 1.36. The van der Waals surface area contributed by atoms with Gasteiger partial charge >= 0.3 is 21.5 Å². The molecule has 4 atom stereocenters. The minimum absolute atomic E-state index is 0.149. The van der Waals surface area contributed by atoms with Crippen molar-refractivity contribution in [1.29, 1.82) is 0 Å². The van der Waals surface area contributed by atoms with Crippen LogP contribution in [0.25, 0.3) is 0 Å². The second kappa shape index (κ2) is 5.33. The van der Waals surface area contributed by atoms with Gasteiger partial charge in [0.2, 0.25) is 5.91 Å². The maximum atomic E-state index is 13.0. The molecule has 0 saturated carbocycles. The molecule has 2 aliphatic carbocycles. The van der Waals surface area contributed by atoms with E-state index in [2.05, 4.69) is 4.74 Å². The predicted molar refractivity (Wildman–Crippen MR) is 74.6 cm³/mol. The van der Waals surface area contributed by atoms with Gasteiger partial charge in [0, 0.05) is 0 Å². The molecule has 0 N–H and O–H groups in total. The van der Waals surface area contributed by atoms with Crippen molar-refractivity contribution in [1.82, 2.24) is 4.31 Å². The van der Waals surface area contributed by atoms with Crippen LogP contribution in [0.15, 0.2) is 23.8 Å². The van der Waals surface area contributed by atoms with E-state index in [-0.39, 0.29) is 9.88 Å². The Hall–Kier alpha value is -1.84. The maximum Gasteiger partial charge on any atom is 0.516 e. The number of carbonyl (C=O) groups is 2. The molecule has 0 aromatic rings. The number of rotatable bonds is 2. The number of esters is 1. The van der Waals surface area contributed by atoms with Gasteiger partial charge in [-0.2, -0.15) is 21.6 Å². The second-order valence-corrected chi connectivity index (χ2v) is 7.72. The molecule has 10 heteroatoms. The quantitative estimate of drug-likeness (QED) is 0.545. The fraction of sp³-hybridized carbons (Fsp3) is 0.571. The second-order valence-electron chi connectivity index (χ2n) is 5.92. The van der Waals surface area contributed by atoms with Crippen LogP contribution in [0.5, 0.6) is 0 Å². The van der Waals surface area contributed by atoms with Gasteiger partial charge in [-0.25, -0.2) is 9.10 Å². The normalized spacial score (nSPS) is 32.4. The highest BCUT2D eigenvalue weighted by Crippen LogP contribution is 2.50. The number of nitrogens with zero attached hydrogens (tertiary/aromatic N) is 1. The minimum Gasteiger partial charge on any atom is -0.466 e. The van der Waals surface area contributed by atoms with Gasteiger partial charge in [0.25, 0.3) is 0 Å². The van der Waals surface area contributed by atoms with Gasteiger partial charge in [-0.15, -0.1) is 0 Å². The Bertz CT molecular complexity index is 755. The van der Waals surface area contributed by atoms with Crippen LogP contribution < -0.4 is 0 Å². The number of carbonyl (C=O) groups excluding carboxylic acids is 2. The smallest absolute Gasteiger partial charge is 0.466 e. The van der Waals surface area contributed by atoms with Gasteiger partial charge < -0.3 is 4.74 Å². The van der Waals surface area contributed by atoms with Crippen LogP contribution in [0.2, 0.25) is 0 Å². The van der Waals surface area contributed by atoms with Gasteiger partial charge in [0.1, 0.15) is 0 Å². The Morgan fingerprint density at radius 1 is 1.38 bits per heavy atom. The lowest BCUT2D eigenvalue weighted by Crippen LogP contribution is -2.64. The van der Waals surface area contributed by atoms with Crippen molar-refractivity contribution in [3.8, 4) is 0 Å². The average molecular weight is 365 g/mol. The number of sulfonamides is 1. The standard InChI is InChI=1S/C14H14F3NO5S/c1-23-13(20)10-6-9-7-4-2-3-5-8(7)11(10)18(12(9)19)24(21,22)14(15,16)17/h2,4,6-9,11H,3,5H2,1H3/t7-,8+,9-,11-/m1/s1. The van der Waals surface area contributed by atoms with Crippen LogP contribution in [0.4, 0.5) is 13.2 Å². The number of fused-ring (bicyclic) bond motifs is 1. The zero-order valence-corrected chi connectivity index (χ0v) is 13.3. The van der Waals surface area contributed by atoms with E-state index in [1.165, 1.54) is 6.08 Å². The van der Waals surface area contributed by atoms with Gasteiger partial charge in [-0.05, 0) is 24.7 Å². The first-order chi connectivity index (χ1) is 11.1. The zero-order chi connectivity index (χ0) is 17.9. The highest BCUT2D eigenvalue weighted by molar-refractivity contribution is 7.90. The number of ether oxygens (including phenoxy) is 1. The molecule has 0 radical (unpaired) electrons. The minimum atomic E-state index is -5.89. The van der Waals surface area contributed by atoms with Gasteiger partial charge in [0.15, 0.2) is 0 Å². The summed E-state index contributed by atoms with van der Waals surface area (Å²) >= 11 is 0. The van der Waals surface area contributed by atoms with Crippen molar-refractivity contribution in [3.05, 3.63) is 23.8 Å². The molecular formula is C14H14F3NO5S. The summed E-state index contributed by atoms with van der Waals surface area (Å²) in [5.41, 5.74) is -5.83. The molecule has 1 amide bonds. The SMILES string of the molecule is COC(=O)C1=C[C@H]2C(=O)N(S(=O)(=O)C(F)(F)F)[C@@H]1[C@H]1CCC=C[C@H]12. The number of amides is 1. The van der Waals surface area contributed by atoms with Crippen molar-refractivity contribution in [2.45, 2.75) is 24.4 Å². The molecule has 2 aliphatic heterocycles. The largest absolute Gasteiger partial charge is 0.516 e. The first-order valence-electron chi connectivity index (χ1n) is 7.22. The lowest BCUT2D eigenvalue weighted by Gasteiger charge is -2.51. The maximum absolute atomic E-state index is 13.0. The van der Waals surface area contributed by atoms with Crippen molar-refractivity contribution in [2.75, 3.05) is 7.11 Å². The van der Waals surface area contributed by atoms with Crippen molar-refractivity contribution >= 4 is 21.9 Å². The molecule has 0 spiro atoms. The topological polar surface area (TPSA) is 80.8 Å². The lowest BCUT2D eigenvalue weighted by molar-refractivity contribution is -0.144. The Kier molecular flexibility index (Phi) is 3.78. The summed E-state index contributed by atoms with van der Waals surface area (Å²) in [5.74, 6) is -4.19. The van der Waals surface area contributed by atoms with E-state index < -0.39 is 51.2 Å². The Morgan fingerprint density at radius 3 is 2.62 bits per heavy atom. The van der Waals surface area contributed by atoms with E-state index in [4.69, 9.17) is 0 Å². The first-order valence-corrected chi connectivity index (χ1v) is 8.66. The van der Waals surface area contributed by atoms with Crippen molar-refractivity contribution in [2.24, 2.45) is 17.8 Å². The summed E-state index contributed by atoms with van der Waals surface area (Å²) in [7, 11) is -4.84. The lowest BCUT2D eigenvalue weighted by atomic mass is 9.63. The summed E-state index contributed by atoms with van der Waals surface area (Å²) < 4.78 is 67.3. The molecule has 2 bridgehead atoms. The molecule has 1 saturated heterocycles. The van der Waals surface area contributed by atoms with Crippen LogP contribution in [0.1, 0.15) is 12.8 Å². The van der Waals surface area contributed by atoms with Crippen LogP contribution in [-0.2, 0) is 24.3 Å². The van der Waals surface area contributed by atoms with E-state index >= 15 is 0 Å². The summed E-state index contributed by atoms with van der Waals surface area (Å²) in [6.07, 6.45) is 5.69. The first kappa shape index (κ1) is 17.0. The molecule has 2 heterocycles. The number of alkyl halides is 3. The van der Waals surface area contributed by atoms with Crippen LogP contribution >= 0.6 is 0 Å². The fourth-order valence-electron chi connectivity index (χ4n) is 3.77. The molecule has 0 aromatic heterocycles. The van der Waals surface area contributed by atoms with Crippen LogP contribution in [0.3, 0.4) is 0 Å². The molecule has 4 aliphatic rings. The van der Waals surface area contributed by atoms with Crippen LogP contribution in [-0.4, -0.2) is 43.3 Å². The van der Waals surface area contributed by atoms with Crippen molar-refractivity contribution < 1.29 is 35.9 Å². The van der Waals surface area contributed by atoms with Crippen LogP contribution in [0, 0.1) is 17.8 Å². The third-order valence-corrected chi connectivity index (χ3v) is 6.25.